The normalized spacial score (nSPS) is 11.0. The zero-order chi connectivity index (χ0) is 15.0. The average molecular weight is 321 g/mol. The van der Waals surface area contributed by atoms with Gasteiger partial charge in [-0.05, 0) is 42.8 Å². The maximum atomic E-state index is 6.23. The number of aryl methyl sites for hydroxylation is 1. The second kappa shape index (κ2) is 5.58. The first-order chi connectivity index (χ1) is 10.1. The Kier molecular flexibility index (Phi) is 3.79. The van der Waals surface area contributed by atoms with Crippen molar-refractivity contribution in [2.75, 3.05) is 7.11 Å². The minimum Gasteiger partial charge on any atom is -0.495 e. The molecule has 21 heavy (non-hydrogen) atoms. The number of imidazole rings is 1. The quantitative estimate of drug-likeness (QED) is 0.652. The van der Waals surface area contributed by atoms with E-state index in [-0.39, 0.29) is 0 Å². The van der Waals surface area contributed by atoms with Crippen LogP contribution in [-0.4, -0.2) is 16.7 Å². The fourth-order valence-corrected chi connectivity index (χ4v) is 2.84. The van der Waals surface area contributed by atoms with Gasteiger partial charge in [0.05, 0.1) is 29.0 Å². The Hall–Kier alpha value is -1.71. The third kappa shape index (κ3) is 2.47. The van der Waals surface area contributed by atoms with Gasteiger partial charge in [0.2, 0.25) is 0 Å². The summed E-state index contributed by atoms with van der Waals surface area (Å²) in [5.41, 5.74) is 4.03. The molecule has 1 heterocycles. The van der Waals surface area contributed by atoms with Gasteiger partial charge in [-0.15, -0.1) is 11.6 Å². The van der Waals surface area contributed by atoms with Crippen LogP contribution in [0.15, 0.2) is 36.4 Å². The summed E-state index contributed by atoms with van der Waals surface area (Å²) in [7, 11) is 1.60. The minimum atomic E-state index is 0.331. The third-order valence-electron chi connectivity index (χ3n) is 3.39. The van der Waals surface area contributed by atoms with E-state index in [4.69, 9.17) is 27.9 Å². The van der Waals surface area contributed by atoms with Gasteiger partial charge in [0, 0.05) is 5.69 Å². The van der Waals surface area contributed by atoms with E-state index in [0.29, 0.717) is 16.7 Å². The molecule has 0 bridgehead atoms. The molecule has 0 spiro atoms. The summed E-state index contributed by atoms with van der Waals surface area (Å²) in [5, 5.41) is 0.560. The molecule has 1 aromatic heterocycles. The number of ether oxygens (including phenoxy) is 1. The fraction of sp³-hybridized carbons (Fsp3) is 0.188. The fourth-order valence-electron chi connectivity index (χ4n) is 2.41. The number of alkyl halides is 1. The van der Waals surface area contributed by atoms with Crippen molar-refractivity contribution in [1.29, 1.82) is 0 Å². The average Bonchev–Trinajstić information content (AvgIpc) is 2.84. The van der Waals surface area contributed by atoms with Crippen LogP contribution in [0.2, 0.25) is 5.02 Å². The lowest BCUT2D eigenvalue weighted by Gasteiger charge is -2.10. The highest BCUT2D eigenvalue weighted by atomic mass is 35.5. The first-order valence-electron chi connectivity index (χ1n) is 6.52. The van der Waals surface area contributed by atoms with Gasteiger partial charge in [0.15, 0.2) is 0 Å². The van der Waals surface area contributed by atoms with Gasteiger partial charge in [-0.1, -0.05) is 17.7 Å². The number of rotatable bonds is 3. The molecular weight excluding hydrogens is 307 g/mol. The Labute approximate surface area is 133 Å². The number of halogens is 2. The van der Waals surface area contributed by atoms with Crippen molar-refractivity contribution in [3.8, 4) is 11.4 Å². The van der Waals surface area contributed by atoms with Gasteiger partial charge in [0.1, 0.15) is 11.6 Å². The van der Waals surface area contributed by atoms with Gasteiger partial charge < -0.3 is 4.74 Å². The highest BCUT2D eigenvalue weighted by Gasteiger charge is 2.13. The van der Waals surface area contributed by atoms with E-state index in [9.17, 15) is 0 Å². The topological polar surface area (TPSA) is 27.1 Å². The summed E-state index contributed by atoms with van der Waals surface area (Å²) >= 11 is 12.3. The molecule has 3 nitrogen and oxygen atoms in total. The Morgan fingerprint density at radius 3 is 2.67 bits per heavy atom. The van der Waals surface area contributed by atoms with Crippen LogP contribution in [0.3, 0.4) is 0 Å². The van der Waals surface area contributed by atoms with E-state index in [1.54, 1.807) is 7.11 Å². The van der Waals surface area contributed by atoms with Crippen molar-refractivity contribution < 1.29 is 4.74 Å². The van der Waals surface area contributed by atoms with Crippen LogP contribution in [0.4, 0.5) is 0 Å². The van der Waals surface area contributed by atoms with Crippen LogP contribution >= 0.6 is 23.2 Å². The molecule has 0 atom stereocenters. The highest BCUT2D eigenvalue weighted by Crippen LogP contribution is 2.30. The summed E-state index contributed by atoms with van der Waals surface area (Å²) < 4.78 is 7.23. The molecule has 5 heteroatoms. The molecule has 2 aromatic carbocycles. The van der Waals surface area contributed by atoms with Gasteiger partial charge in [-0.3, -0.25) is 4.57 Å². The van der Waals surface area contributed by atoms with Gasteiger partial charge in [-0.2, -0.15) is 0 Å². The van der Waals surface area contributed by atoms with E-state index in [1.165, 1.54) is 5.56 Å². The SMILES string of the molecule is COc1ccc(-n2c(CCl)nc3ccc(C)cc32)cc1Cl. The van der Waals surface area contributed by atoms with Crippen LogP contribution in [-0.2, 0) is 5.88 Å². The molecule has 108 valence electrons. The molecule has 0 N–H and O–H groups in total. The Morgan fingerprint density at radius 1 is 1.19 bits per heavy atom. The number of hydrogen-bond acceptors (Lipinski definition) is 2. The monoisotopic (exact) mass is 320 g/mol. The van der Waals surface area contributed by atoms with Crippen LogP contribution in [0.1, 0.15) is 11.4 Å². The van der Waals surface area contributed by atoms with Crippen molar-refractivity contribution in [2.24, 2.45) is 0 Å². The van der Waals surface area contributed by atoms with Crippen LogP contribution in [0.5, 0.6) is 5.75 Å². The summed E-state index contributed by atoms with van der Waals surface area (Å²) in [6.07, 6.45) is 0. The van der Waals surface area contributed by atoms with Gasteiger partial charge >= 0.3 is 0 Å². The predicted octanol–water partition coefficient (Wildman–Crippen LogP) is 4.73. The first-order valence-corrected chi connectivity index (χ1v) is 7.43. The smallest absolute Gasteiger partial charge is 0.137 e. The number of fused-ring (bicyclic) bond motifs is 1. The van der Waals surface area contributed by atoms with Crippen molar-refractivity contribution >= 4 is 34.2 Å². The van der Waals surface area contributed by atoms with Gasteiger partial charge in [-0.25, -0.2) is 4.98 Å². The summed E-state index contributed by atoms with van der Waals surface area (Å²) in [5.74, 6) is 1.77. The van der Waals surface area contributed by atoms with E-state index >= 15 is 0 Å². The molecule has 0 aliphatic heterocycles. The molecule has 0 saturated heterocycles. The molecule has 3 aromatic rings. The Balaban J connectivity index is 2.27. The lowest BCUT2D eigenvalue weighted by molar-refractivity contribution is 0.415. The second-order valence-corrected chi connectivity index (χ2v) is 5.48. The number of hydrogen-bond donors (Lipinski definition) is 0. The maximum absolute atomic E-state index is 6.23. The zero-order valence-corrected chi connectivity index (χ0v) is 13.2. The van der Waals surface area contributed by atoms with Crippen molar-refractivity contribution in [3.05, 3.63) is 52.8 Å². The lowest BCUT2D eigenvalue weighted by Crippen LogP contribution is -1.99. The summed E-state index contributed by atoms with van der Waals surface area (Å²) in [4.78, 5) is 4.58. The lowest BCUT2D eigenvalue weighted by atomic mass is 10.2. The number of aromatic nitrogens is 2. The maximum Gasteiger partial charge on any atom is 0.137 e. The number of nitrogens with zero attached hydrogens (tertiary/aromatic N) is 2. The Bertz CT molecular complexity index is 811. The largest absolute Gasteiger partial charge is 0.495 e. The van der Waals surface area contributed by atoms with Crippen LogP contribution in [0.25, 0.3) is 16.7 Å². The third-order valence-corrected chi connectivity index (χ3v) is 3.93. The molecule has 3 rings (SSSR count). The minimum absolute atomic E-state index is 0.331. The molecule has 0 aliphatic rings. The summed E-state index contributed by atoms with van der Waals surface area (Å²) in [6.45, 7) is 2.05. The van der Waals surface area contributed by atoms with Crippen molar-refractivity contribution in [1.82, 2.24) is 9.55 Å². The van der Waals surface area contributed by atoms with E-state index in [0.717, 1.165) is 22.5 Å². The molecule has 0 aliphatic carbocycles. The second-order valence-electron chi connectivity index (χ2n) is 4.81. The van der Waals surface area contributed by atoms with E-state index < -0.39 is 0 Å². The molecule has 0 radical (unpaired) electrons. The van der Waals surface area contributed by atoms with E-state index in [2.05, 4.69) is 18.0 Å². The predicted molar refractivity (Wildman–Crippen MR) is 86.9 cm³/mol. The van der Waals surface area contributed by atoms with Gasteiger partial charge in [0.25, 0.3) is 0 Å². The van der Waals surface area contributed by atoms with Crippen molar-refractivity contribution in [3.63, 3.8) is 0 Å². The number of methoxy groups -OCH3 is 1. The first kappa shape index (κ1) is 14.2. The molecular formula is C16H14Cl2N2O. The zero-order valence-electron chi connectivity index (χ0n) is 11.7. The molecule has 0 fully saturated rings. The standard InChI is InChI=1S/C16H14Cl2N2O/c1-10-3-5-13-14(7-10)20(16(9-17)19-13)11-4-6-15(21-2)12(18)8-11/h3-8H,9H2,1-2H3. The molecule has 0 amide bonds. The Morgan fingerprint density at radius 2 is 2.00 bits per heavy atom. The molecule has 0 unspecified atom stereocenters. The highest BCUT2D eigenvalue weighted by molar-refractivity contribution is 6.32. The van der Waals surface area contributed by atoms with Crippen LogP contribution < -0.4 is 4.74 Å². The van der Waals surface area contributed by atoms with Crippen LogP contribution in [0, 0.1) is 6.92 Å². The number of benzene rings is 2. The molecule has 0 saturated carbocycles. The van der Waals surface area contributed by atoms with E-state index in [1.807, 2.05) is 34.9 Å². The summed E-state index contributed by atoms with van der Waals surface area (Å²) in [6, 6.07) is 11.8. The van der Waals surface area contributed by atoms with Crippen molar-refractivity contribution in [2.45, 2.75) is 12.8 Å².